The number of fused-ring (bicyclic) bond motifs is 2. The van der Waals surface area contributed by atoms with Crippen LogP contribution in [-0.2, 0) is 11.2 Å². The third-order valence-corrected chi connectivity index (χ3v) is 6.00. The molecular weight excluding hydrogens is 422 g/mol. The molecule has 0 aliphatic heterocycles. The van der Waals surface area contributed by atoms with Gasteiger partial charge < -0.3 is 18.9 Å². The van der Waals surface area contributed by atoms with Crippen LogP contribution in [0.25, 0.3) is 21.9 Å². The fraction of sp³-hybridized carbons (Fsp3) is 0.269. The lowest BCUT2D eigenvalue weighted by Gasteiger charge is -2.10. The first-order valence-electron chi connectivity index (χ1n) is 10.7. The van der Waals surface area contributed by atoms with Gasteiger partial charge in [-0.3, -0.25) is 9.59 Å². The van der Waals surface area contributed by atoms with E-state index in [-0.39, 0.29) is 31.1 Å². The fourth-order valence-corrected chi connectivity index (χ4v) is 3.99. The van der Waals surface area contributed by atoms with E-state index in [4.69, 9.17) is 13.6 Å². The molecule has 0 fully saturated rings. The quantitative estimate of drug-likeness (QED) is 0.333. The SMILES string of the molecule is COc1ccc(C(=O)CNC(=O)CCc2c(C)c3cc4c(C)coc4c(C)c3oc2=O)cc1. The number of amides is 1. The average Bonchev–Trinajstić information content (AvgIpc) is 3.19. The molecule has 7 nitrogen and oxygen atoms in total. The number of hydrogen-bond acceptors (Lipinski definition) is 6. The van der Waals surface area contributed by atoms with Crippen LogP contribution < -0.4 is 15.7 Å². The topological polar surface area (TPSA) is 98.8 Å². The van der Waals surface area contributed by atoms with Crippen LogP contribution in [0.15, 0.2) is 50.2 Å². The number of methoxy groups -OCH3 is 1. The van der Waals surface area contributed by atoms with Crippen molar-refractivity contribution in [3.05, 3.63) is 74.8 Å². The number of benzene rings is 2. The van der Waals surface area contributed by atoms with Gasteiger partial charge in [-0.05, 0) is 68.7 Å². The molecule has 0 aliphatic rings. The molecule has 4 aromatic rings. The van der Waals surface area contributed by atoms with Crippen molar-refractivity contribution in [3.8, 4) is 5.75 Å². The Kier molecular flexibility index (Phi) is 6.05. The highest BCUT2D eigenvalue weighted by molar-refractivity contribution is 6.00. The molecule has 1 amide bonds. The number of furan rings is 1. The molecular formula is C26H25NO6. The second kappa shape index (κ2) is 8.94. The maximum atomic E-state index is 12.7. The van der Waals surface area contributed by atoms with Crippen LogP contribution in [0.5, 0.6) is 5.75 Å². The zero-order valence-corrected chi connectivity index (χ0v) is 19.0. The smallest absolute Gasteiger partial charge is 0.339 e. The van der Waals surface area contributed by atoms with Gasteiger partial charge in [0.15, 0.2) is 5.78 Å². The van der Waals surface area contributed by atoms with Crippen LogP contribution in [0.2, 0.25) is 0 Å². The molecule has 0 spiro atoms. The van der Waals surface area contributed by atoms with Gasteiger partial charge in [0.25, 0.3) is 0 Å². The summed E-state index contributed by atoms with van der Waals surface area (Å²) in [4.78, 5) is 37.3. The zero-order valence-electron chi connectivity index (χ0n) is 19.0. The Morgan fingerprint density at radius 1 is 1.00 bits per heavy atom. The van der Waals surface area contributed by atoms with Gasteiger partial charge in [-0.2, -0.15) is 0 Å². The van der Waals surface area contributed by atoms with Crippen LogP contribution in [0.1, 0.15) is 39.0 Å². The molecule has 33 heavy (non-hydrogen) atoms. The summed E-state index contributed by atoms with van der Waals surface area (Å²) in [6.45, 7) is 5.57. The van der Waals surface area contributed by atoms with Crippen molar-refractivity contribution in [1.82, 2.24) is 5.32 Å². The Labute approximate surface area is 190 Å². The van der Waals surface area contributed by atoms with Crippen LogP contribution >= 0.6 is 0 Å². The van der Waals surface area contributed by atoms with E-state index in [2.05, 4.69) is 5.32 Å². The number of hydrogen-bond donors (Lipinski definition) is 1. The van der Waals surface area contributed by atoms with Crippen molar-refractivity contribution in [2.45, 2.75) is 33.6 Å². The highest BCUT2D eigenvalue weighted by atomic mass is 16.5. The van der Waals surface area contributed by atoms with Crippen LogP contribution in [0.4, 0.5) is 0 Å². The van der Waals surface area contributed by atoms with Crippen molar-refractivity contribution in [2.75, 3.05) is 13.7 Å². The number of ether oxygens (including phenoxy) is 1. The van der Waals surface area contributed by atoms with E-state index < -0.39 is 5.63 Å². The average molecular weight is 447 g/mol. The van der Waals surface area contributed by atoms with E-state index in [0.29, 0.717) is 28.0 Å². The Morgan fingerprint density at radius 2 is 1.73 bits per heavy atom. The van der Waals surface area contributed by atoms with Gasteiger partial charge in [-0.15, -0.1) is 0 Å². The molecule has 0 saturated carbocycles. The molecule has 0 aliphatic carbocycles. The number of carbonyl (C=O) groups excluding carboxylic acids is 2. The van der Waals surface area contributed by atoms with E-state index in [9.17, 15) is 14.4 Å². The summed E-state index contributed by atoms with van der Waals surface area (Å²) in [5.74, 6) is 0.134. The summed E-state index contributed by atoms with van der Waals surface area (Å²) in [5, 5.41) is 4.43. The second-order valence-electron chi connectivity index (χ2n) is 8.10. The molecule has 170 valence electrons. The van der Waals surface area contributed by atoms with Gasteiger partial charge in [-0.1, -0.05) is 0 Å². The monoisotopic (exact) mass is 447 g/mol. The van der Waals surface area contributed by atoms with Gasteiger partial charge in [0.2, 0.25) is 5.91 Å². The zero-order chi connectivity index (χ0) is 23.7. The largest absolute Gasteiger partial charge is 0.497 e. The minimum Gasteiger partial charge on any atom is -0.497 e. The first kappa shape index (κ1) is 22.3. The summed E-state index contributed by atoms with van der Waals surface area (Å²) in [6.07, 6.45) is 1.97. The Morgan fingerprint density at radius 3 is 2.42 bits per heavy atom. The minimum absolute atomic E-state index is 0.0684. The van der Waals surface area contributed by atoms with Gasteiger partial charge in [0, 0.05) is 33.9 Å². The van der Waals surface area contributed by atoms with Gasteiger partial charge in [-0.25, -0.2) is 4.79 Å². The van der Waals surface area contributed by atoms with Crippen molar-refractivity contribution in [2.24, 2.45) is 0 Å². The second-order valence-corrected chi connectivity index (χ2v) is 8.10. The third-order valence-electron chi connectivity index (χ3n) is 6.00. The maximum Gasteiger partial charge on any atom is 0.339 e. The Balaban J connectivity index is 1.47. The normalized spacial score (nSPS) is 11.2. The van der Waals surface area contributed by atoms with Crippen molar-refractivity contribution in [3.63, 3.8) is 0 Å². The molecule has 0 bridgehead atoms. The number of rotatable bonds is 7. The lowest BCUT2D eigenvalue weighted by molar-refractivity contribution is -0.120. The van der Waals surface area contributed by atoms with Gasteiger partial charge in [0.05, 0.1) is 19.9 Å². The molecule has 0 unspecified atom stereocenters. The summed E-state index contributed by atoms with van der Waals surface area (Å²) in [5.41, 5.74) is 4.24. The Bertz CT molecular complexity index is 1430. The van der Waals surface area contributed by atoms with E-state index >= 15 is 0 Å². The van der Waals surface area contributed by atoms with Gasteiger partial charge >= 0.3 is 5.63 Å². The third kappa shape index (κ3) is 4.26. The van der Waals surface area contributed by atoms with Crippen molar-refractivity contribution < 1.29 is 23.2 Å². The fourth-order valence-electron chi connectivity index (χ4n) is 3.99. The highest BCUT2D eigenvalue weighted by Crippen LogP contribution is 2.32. The molecule has 0 saturated heterocycles. The molecule has 4 rings (SSSR count). The molecule has 0 radical (unpaired) electrons. The predicted molar refractivity (Wildman–Crippen MR) is 125 cm³/mol. The molecule has 2 heterocycles. The first-order valence-corrected chi connectivity index (χ1v) is 10.7. The number of carbonyl (C=O) groups is 2. The molecule has 0 atom stereocenters. The molecule has 7 heteroatoms. The van der Waals surface area contributed by atoms with Crippen molar-refractivity contribution >= 4 is 33.6 Å². The minimum atomic E-state index is -0.465. The van der Waals surface area contributed by atoms with Gasteiger partial charge in [0.1, 0.15) is 16.9 Å². The maximum absolute atomic E-state index is 12.7. The van der Waals surface area contributed by atoms with Crippen LogP contribution in [-0.4, -0.2) is 25.3 Å². The number of Topliss-reactive ketones (excluding diaryl/α,β-unsaturated/α-hetero) is 1. The number of nitrogens with one attached hydrogen (secondary N) is 1. The highest BCUT2D eigenvalue weighted by Gasteiger charge is 2.18. The predicted octanol–water partition coefficient (Wildman–Crippen LogP) is 4.40. The molecule has 1 N–H and O–H groups in total. The standard InChI is InChI=1S/C26H25NO6/c1-14-13-32-24-16(3)25-21(11-20(14)24)15(2)19(26(30)33-25)9-10-23(29)27-12-22(28)17-5-7-18(31-4)8-6-17/h5-8,11,13H,9-10,12H2,1-4H3,(H,27,29). The molecule has 2 aromatic carbocycles. The number of aryl methyl sites for hydroxylation is 3. The summed E-state index contributed by atoms with van der Waals surface area (Å²) < 4.78 is 16.3. The Hall–Kier alpha value is -3.87. The summed E-state index contributed by atoms with van der Waals surface area (Å²) in [6, 6.07) is 8.65. The lowest BCUT2D eigenvalue weighted by Crippen LogP contribution is -2.30. The van der Waals surface area contributed by atoms with E-state index in [1.165, 1.54) is 0 Å². The van der Waals surface area contributed by atoms with E-state index in [0.717, 1.165) is 27.5 Å². The van der Waals surface area contributed by atoms with E-state index in [1.54, 1.807) is 37.6 Å². The summed E-state index contributed by atoms with van der Waals surface area (Å²) in [7, 11) is 1.55. The lowest BCUT2D eigenvalue weighted by atomic mass is 9.98. The first-order chi connectivity index (χ1) is 15.8. The summed E-state index contributed by atoms with van der Waals surface area (Å²) >= 11 is 0. The van der Waals surface area contributed by atoms with Crippen LogP contribution in [0, 0.1) is 20.8 Å². The van der Waals surface area contributed by atoms with Crippen LogP contribution in [0.3, 0.4) is 0 Å². The molecule has 2 aromatic heterocycles. The number of ketones is 1. The van der Waals surface area contributed by atoms with E-state index in [1.807, 2.05) is 26.8 Å². The van der Waals surface area contributed by atoms with Crippen molar-refractivity contribution in [1.29, 1.82) is 0 Å².